The smallest absolute Gasteiger partial charge is 0.326 e. The van der Waals surface area contributed by atoms with Gasteiger partial charge in [-0.15, -0.1) is 0 Å². The lowest BCUT2D eigenvalue weighted by Crippen LogP contribution is -2.44. The second-order valence-electron chi connectivity index (χ2n) is 7.60. The molecule has 34 heavy (non-hydrogen) atoms. The van der Waals surface area contributed by atoms with Crippen LogP contribution in [0.5, 0.6) is 0 Å². The number of fused-ring (bicyclic) bond motifs is 1. The number of ether oxygens (including phenoxy) is 1. The molecule has 0 radical (unpaired) electrons. The molecule has 0 saturated heterocycles. The molecule has 0 aliphatic heterocycles. The molecule has 3 atom stereocenters. The van der Waals surface area contributed by atoms with Crippen LogP contribution in [0.3, 0.4) is 0 Å². The lowest BCUT2D eigenvalue weighted by molar-refractivity contribution is -0.144. The number of amides is 1. The van der Waals surface area contributed by atoms with Gasteiger partial charge in [0.2, 0.25) is 11.9 Å². The summed E-state index contributed by atoms with van der Waals surface area (Å²) in [5.74, 6) is -2.83. The zero-order chi connectivity index (χ0) is 24.7. The van der Waals surface area contributed by atoms with E-state index in [1.165, 1.54) is 6.20 Å². The maximum atomic E-state index is 12.5. The van der Waals surface area contributed by atoms with Crippen LogP contribution < -0.4 is 21.9 Å². The molecular weight excluding hydrogens is 470 g/mol. The number of nitrogens with two attached hydrogens (primary N) is 1. The molecule has 6 N–H and O–H groups in total. The Labute approximate surface area is 198 Å². The van der Waals surface area contributed by atoms with E-state index in [1.807, 2.05) is 6.08 Å². The fourth-order valence-electron chi connectivity index (χ4n) is 3.43. The first-order valence-corrected chi connectivity index (χ1v) is 11.0. The van der Waals surface area contributed by atoms with E-state index in [0.29, 0.717) is 25.1 Å². The third-order valence-corrected chi connectivity index (χ3v) is 5.31. The van der Waals surface area contributed by atoms with Crippen LogP contribution in [0.1, 0.15) is 31.4 Å². The number of hydrogen-bond acceptors (Lipinski definition) is 10. The molecule has 182 valence electrons. The summed E-state index contributed by atoms with van der Waals surface area (Å²) < 4.78 is 4.56. The van der Waals surface area contributed by atoms with E-state index in [0.717, 1.165) is 0 Å². The number of halogens is 1. The number of hydrogen-bond donors (Lipinski definition) is 5. The number of anilines is 1. The highest BCUT2D eigenvalue weighted by Gasteiger charge is 2.27. The van der Waals surface area contributed by atoms with E-state index in [9.17, 15) is 24.3 Å². The summed E-state index contributed by atoms with van der Waals surface area (Å²) in [4.78, 5) is 61.9. The molecule has 0 aromatic carbocycles. The first-order valence-electron chi connectivity index (χ1n) is 10.4. The number of nitrogens with zero attached hydrogens (tertiary/aromatic N) is 3. The first kappa shape index (κ1) is 25.1. The van der Waals surface area contributed by atoms with Crippen molar-refractivity contribution in [2.24, 2.45) is 5.92 Å². The van der Waals surface area contributed by atoms with Gasteiger partial charge in [0.05, 0.1) is 17.8 Å². The molecule has 14 heteroatoms. The highest BCUT2D eigenvalue weighted by atomic mass is 35.5. The molecular formula is C20H24ClN7O6. The second-order valence-corrected chi connectivity index (χ2v) is 7.82. The fraction of sp³-hybridized carbons (Fsp3) is 0.450. The third-order valence-electron chi connectivity index (χ3n) is 5.20. The molecule has 2 aromatic rings. The van der Waals surface area contributed by atoms with Crippen molar-refractivity contribution >= 4 is 46.6 Å². The van der Waals surface area contributed by atoms with E-state index >= 15 is 0 Å². The van der Waals surface area contributed by atoms with E-state index in [4.69, 9.17) is 17.3 Å². The van der Waals surface area contributed by atoms with Crippen LogP contribution in [0.25, 0.3) is 11.2 Å². The summed E-state index contributed by atoms with van der Waals surface area (Å²) in [7, 11) is 0. The number of rotatable bonds is 10. The number of H-pyrrole nitrogens is 1. The number of aliphatic carboxylic acids is 1. The quantitative estimate of drug-likeness (QED) is 0.167. The van der Waals surface area contributed by atoms with E-state index in [1.54, 1.807) is 6.08 Å². The number of carbonyl (C=O) groups is 3. The molecule has 2 heterocycles. The maximum absolute atomic E-state index is 12.5. The summed E-state index contributed by atoms with van der Waals surface area (Å²) in [6.45, 7) is 0.331. The average molecular weight is 494 g/mol. The molecule has 2 unspecified atom stereocenters. The van der Waals surface area contributed by atoms with Gasteiger partial charge in [-0.1, -0.05) is 23.8 Å². The Balaban J connectivity index is 1.52. The highest BCUT2D eigenvalue weighted by molar-refractivity contribution is 6.17. The van der Waals surface area contributed by atoms with Crippen molar-refractivity contribution in [3.8, 4) is 0 Å². The van der Waals surface area contributed by atoms with Gasteiger partial charge in [0.25, 0.3) is 5.56 Å². The van der Waals surface area contributed by atoms with E-state index < -0.39 is 35.4 Å². The van der Waals surface area contributed by atoms with Crippen molar-refractivity contribution < 1.29 is 24.2 Å². The number of nitrogen functional groups attached to an aromatic ring is 1. The summed E-state index contributed by atoms with van der Waals surface area (Å²) in [6.07, 6.45) is 5.87. The van der Waals surface area contributed by atoms with Gasteiger partial charge in [-0.25, -0.2) is 14.8 Å². The van der Waals surface area contributed by atoms with Gasteiger partial charge in [0, 0.05) is 19.0 Å². The summed E-state index contributed by atoms with van der Waals surface area (Å²) in [5, 5.41) is 15.0. The minimum Gasteiger partial charge on any atom is -0.480 e. The average Bonchev–Trinajstić information content (AvgIpc) is 2.80. The van der Waals surface area contributed by atoms with Crippen LogP contribution >= 0.6 is 11.6 Å². The van der Waals surface area contributed by atoms with Crippen molar-refractivity contribution in [3.63, 3.8) is 0 Å². The summed E-state index contributed by atoms with van der Waals surface area (Å²) in [5.41, 5.74) is 5.81. The van der Waals surface area contributed by atoms with Gasteiger partial charge < -0.3 is 26.2 Å². The summed E-state index contributed by atoms with van der Waals surface area (Å²) >= 11 is 5.29. The number of alkyl halides is 1. The highest BCUT2D eigenvalue weighted by Crippen LogP contribution is 2.19. The fourth-order valence-corrected chi connectivity index (χ4v) is 3.55. The molecule has 13 nitrogen and oxygen atoms in total. The molecule has 0 spiro atoms. The van der Waals surface area contributed by atoms with Gasteiger partial charge >= 0.3 is 11.9 Å². The number of carboxylic acid groups (broad SMARTS) is 1. The zero-order valence-electron chi connectivity index (χ0n) is 18.0. The van der Waals surface area contributed by atoms with Crippen molar-refractivity contribution in [2.75, 3.05) is 11.8 Å². The van der Waals surface area contributed by atoms with Crippen LogP contribution in [-0.4, -0.2) is 61.0 Å². The number of esters is 1. The Kier molecular flexibility index (Phi) is 8.49. The Hall–Kier alpha value is -3.58. The topological polar surface area (TPSA) is 202 Å². The monoisotopic (exact) mass is 493 g/mol. The number of aromatic amines is 1. The van der Waals surface area contributed by atoms with Gasteiger partial charge in [0.1, 0.15) is 6.04 Å². The molecule has 1 aliphatic carbocycles. The van der Waals surface area contributed by atoms with Crippen molar-refractivity contribution in [1.82, 2.24) is 30.6 Å². The SMILES string of the molecule is Nc1nc2ncc(CNC3C=CC(C(=O)N[C@@H](CCC(=O)OCCl)C(=O)O)CC3)nc2c(=O)[nH]1. The van der Waals surface area contributed by atoms with Crippen LogP contribution in [0.4, 0.5) is 5.95 Å². The van der Waals surface area contributed by atoms with Crippen molar-refractivity contribution in [1.29, 1.82) is 0 Å². The Morgan fingerprint density at radius 2 is 2.09 bits per heavy atom. The van der Waals surface area contributed by atoms with Gasteiger partial charge in [-0.2, -0.15) is 4.98 Å². The number of carbonyl (C=O) groups excluding carboxylic acids is 2. The van der Waals surface area contributed by atoms with Gasteiger partial charge in [0.15, 0.2) is 17.2 Å². The molecule has 0 fully saturated rings. The molecule has 1 aliphatic rings. The Morgan fingerprint density at radius 3 is 2.76 bits per heavy atom. The van der Waals surface area contributed by atoms with Crippen LogP contribution in [-0.2, 0) is 25.7 Å². The largest absolute Gasteiger partial charge is 0.480 e. The number of nitrogens with one attached hydrogen (secondary N) is 3. The third kappa shape index (κ3) is 6.71. The van der Waals surface area contributed by atoms with E-state index in [2.05, 4.69) is 35.3 Å². The maximum Gasteiger partial charge on any atom is 0.326 e. The molecule has 3 rings (SSSR count). The zero-order valence-corrected chi connectivity index (χ0v) is 18.7. The standard InChI is InChI=1S/C20H24ClN7O6/c21-9-34-14(29)6-5-13(19(32)33)26-17(30)10-1-3-11(4-2-10)23-7-12-8-24-16-15(25-12)18(31)28-20(22)27-16/h1,3,8,10-11,13,23H,2,4-7,9H2,(H,26,30)(H,32,33)(H3,22,24,27,28,31)/t10?,11?,13-/m0/s1. The normalized spacial score (nSPS) is 18.4. The molecule has 0 saturated carbocycles. The van der Waals surface area contributed by atoms with Crippen LogP contribution in [0.2, 0.25) is 0 Å². The first-order chi connectivity index (χ1) is 16.3. The van der Waals surface area contributed by atoms with E-state index in [-0.39, 0.29) is 42.1 Å². The summed E-state index contributed by atoms with van der Waals surface area (Å²) in [6, 6.07) is -1.58. The minimum absolute atomic E-state index is 0.0351. The van der Waals surface area contributed by atoms with Crippen molar-refractivity contribution in [3.05, 3.63) is 34.4 Å². The Bertz CT molecular complexity index is 1150. The van der Waals surface area contributed by atoms with Gasteiger partial charge in [-0.3, -0.25) is 19.4 Å². The predicted molar refractivity (Wildman–Crippen MR) is 120 cm³/mol. The number of aromatic nitrogens is 4. The van der Waals surface area contributed by atoms with Crippen LogP contribution in [0, 0.1) is 5.92 Å². The lowest BCUT2D eigenvalue weighted by Gasteiger charge is -2.24. The number of carboxylic acids is 1. The molecule has 1 amide bonds. The molecule has 0 bridgehead atoms. The second kappa shape index (κ2) is 11.5. The molecule has 2 aromatic heterocycles. The van der Waals surface area contributed by atoms with Crippen molar-refractivity contribution in [2.45, 2.75) is 44.3 Å². The Morgan fingerprint density at radius 1 is 1.29 bits per heavy atom. The lowest BCUT2D eigenvalue weighted by atomic mass is 9.91. The van der Waals surface area contributed by atoms with Crippen LogP contribution in [0.15, 0.2) is 23.1 Å². The minimum atomic E-state index is -1.24. The van der Waals surface area contributed by atoms with Gasteiger partial charge in [-0.05, 0) is 19.3 Å². The predicted octanol–water partition coefficient (Wildman–Crippen LogP) is -0.191.